The molecule has 0 aliphatic carbocycles. The molecule has 2 N–H and O–H groups in total. The Labute approximate surface area is 124 Å². The van der Waals surface area contributed by atoms with Gasteiger partial charge in [0.05, 0.1) is 23.8 Å². The van der Waals surface area contributed by atoms with Crippen LogP contribution in [0.15, 0.2) is 61.1 Å². The van der Waals surface area contributed by atoms with Gasteiger partial charge < -0.3 is 5.73 Å². The summed E-state index contributed by atoms with van der Waals surface area (Å²) in [7, 11) is 0. The standard InChI is InChI=1S/C17H18N4/c1-2-16(18)17-9-8-15(11-19-17)21-12-14(10-20-21)13-6-4-3-5-7-13/h3-12,16H,2,18H2,1H3. The summed E-state index contributed by atoms with van der Waals surface area (Å²) in [6, 6.07) is 14.2. The van der Waals surface area contributed by atoms with Crippen LogP contribution in [0.25, 0.3) is 16.8 Å². The minimum absolute atomic E-state index is 0.00319. The van der Waals surface area contributed by atoms with E-state index in [9.17, 15) is 0 Å². The molecule has 0 bridgehead atoms. The second kappa shape index (κ2) is 5.89. The third-order valence-electron chi connectivity index (χ3n) is 3.54. The Hall–Kier alpha value is -2.46. The summed E-state index contributed by atoms with van der Waals surface area (Å²) in [5.74, 6) is 0. The van der Waals surface area contributed by atoms with E-state index in [0.29, 0.717) is 0 Å². The minimum Gasteiger partial charge on any atom is -0.323 e. The van der Waals surface area contributed by atoms with Crippen molar-refractivity contribution in [3.63, 3.8) is 0 Å². The lowest BCUT2D eigenvalue weighted by atomic mass is 10.1. The molecule has 106 valence electrons. The molecule has 0 amide bonds. The van der Waals surface area contributed by atoms with E-state index in [4.69, 9.17) is 5.73 Å². The number of nitrogens with zero attached hydrogens (tertiary/aromatic N) is 3. The quantitative estimate of drug-likeness (QED) is 0.796. The molecule has 4 heteroatoms. The molecule has 2 aromatic heterocycles. The molecule has 1 unspecified atom stereocenters. The first kappa shape index (κ1) is 13.5. The van der Waals surface area contributed by atoms with Crippen LogP contribution in [0, 0.1) is 0 Å². The fourth-order valence-corrected chi connectivity index (χ4v) is 2.21. The number of benzene rings is 1. The fraction of sp³-hybridized carbons (Fsp3) is 0.176. The SMILES string of the molecule is CCC(N)c1ccc(-n2cc(-c3ccccc3)cn2)cn1. The lowest BCUT2D eigenvalue weighted by molar-refractivity contribution is 0.674. The van der Waals surface area contributed by atoms with Crippen LogP contribution >= 0.6 is 0 Å². The highest BCUT2D eigenvalue weighted by Crippen LogP contribution is 2.20. The Morgan fingerprint density at radius 1 is 1.05 bits per heavy atom. The molecule has 0 aliphatic rings. The predicted molar refractivity (Wildman–Crippen MR) is 84.0 cm³/mol. The Balaban J connectivity index is 1.86. The van der Waals surface area contributed by atoms with Crippen molar-refractivity contribution >= 4 is 0 Å². The molecule has 0 aliphatic heterocycles. The van der Waals surface area contributed by atoms with Crippen molar-refractivity contribution in [2.24, 2.45) is 5.73 Å². The van der Waals surface area contributed by atoms with Gasteiger partial charge in [0.2, 0.25) is 0 Å². The first-order valence-electron chi connectivity index (χ1n) is 7.10. The zero-order valence-electron chi connectivity index (χ0n) is 12.0. The van der Waals surface area contributed by atoms with Gasteiger partial charge in [-0.3, -0.25) is 4.98 Å². The van der Waals surface area contributed by atoms with Gasteiger partial charge in [0, 0.05) is 17.8 Å². The van der Waals surface area contributed by atoms with Gasteiger partial charge in [-0.25, -0.2) is 4.68 Å². The summed E-state index contributed by atoms with van der Waals surface area (Å²) in [5.41, 5.74) is 10.1. The van der Waals surface area contributed by atoms with Gasteiger partial charge >= 0.3 is 0 Å². The summed E-state index contributed by atoms with van der Waals surface area (Å²) in [6.07, 6.45) is 6.56. The van der Waals surface area contributed by atoms with Gasteiger partial charge in [-0.05, 0) is 24.1 Å². The largest absolute Gasteiger partial charge is 0.323 e. The van der Waals surface area contributed by atoms with Gasteiger partial charge in [0.25, 0.3) is 0 Å². The Morgan fingerprint density at radius 2 is 1.86 bits per heavy atom. The number of pyridine rings is 1. The summed E-state index contributed by atoms with van der Waals surface area (Å²) in [4.78, 5) is 4.42. The molecule has 0 saturated heterocycles. The second-order valence-electron chi connectivity index (χ2n) is 5.00. The van der Waals surface area contributed by atoms with Crippen LogP contribution in [-0.2, 0) is 0 Å². The molecule has 0 radical (unpaired) electrons. The molecule has 1 atom stereocenters. The maximum Gasteiger partial charge on any atom is 0.0829 e. The summed E-state index contributed by atoms with van der Waals surface area (Å²) >= 11 is 0. The van der Waals surface area contributed by atoms with E-state index in [1.807, 2.05) is 53.6 Å². The van der Waals surface area contributed by atoms with Crippen LogP contribution < -0.4 is 5.73 Å². The van der Waals surface area contributed by atoms with Gasteiger partial charge in [-0.1, -0.05) is 37.3 Å². The minimum atomic E-state index is -0.00319. The normalized spacial score (nSPS) is 12.3. The Kier molecular flexibility index (Phi) is 3.79. The van der Waals surface area contributed by atoms with Crippen molar-refractivity contribution in [3.8, 4) is 16.8 Å². The third kappa shape index (κ3) is 2.85. The number of nitrogens with two attached hydrogens (primary N) is 1. The summed E-state index contributed by atoms with van der Waals surface area (Å²) < 4.78 is 1.83. The maximum absolute atomic E-state index is 5.98. The van der Waals surface area contributed by atoms with Crippen molar-refractivity contribution in [1.82, 2.24) is 14.8 Å². The van der Waals surface area contributed by atoms with Crippen LogP contribution in [0.3, 0.4) is 0 Å². The Morgan fingerprint density at radius 3 is 2.52 bits per heavy atom. The molecule has 21 heavy (non-hydrogen) atoms. The lowest BCUT2D eigenvalue weighted by Crippen LogP contribution is -2.10. The van der Waals surface area contributed by atoms with Crippen molar-refractivity contribution in [3.05, 3.63) is 66.7 Å². The van der Waals surface area contributed by atoms with E-state index in [-0.39, 0.29) is 6.04 Å². The number of aromatic nitrogens is 3. The van der Waals surface area contributed by atoms with Crippen LogP contribution in [0.2, 0.25) is 0 Å². The van der Waals surface area contributed by atoms with Crippen LogP contribution in [0.4, 0.5) is 0 Å². The predicted octanol–water partition coefficient (Wildman–Crippen LogP) is 3.34. The van der Waals surface area contributed by atoms with Crippen molar-refractivity contribution < 1.29 is 0 Å². The smallest absolute Gasteiger partial charge is 0.0829 e. The van der Waals surface area contributed by atoms with E-state index >= 15 is 0 Å². The first-order valence-corrected chi connectivity index (χ1v) is 7.10. The zero-order valence-corrected chi connectivity index (χ0v) is 12.0. The molecule has 3 aromatic rings. The fourth-order valence-electron chi connectivity index (χ4n) is 2.21. The van der Waals surface area contributed by atoms with Crippen LogP contribution in [-0.4, -0.2) is 14.8 Å². The molecule has 1 aromatic carbocycles. The first-order chi connectivity index (χ1) is 10.3. The molecular formula is C17H18N4. The van der Waals surface area contributed by atoms with Crippen molar-refractivity contribution in [2.75, 3.05) is 0 Å². The average molecular weight is 278 g/mol. The highest BCUT2D eigenvalue weighted by molar-refractivity contribution is 5.61. The van der Waals surface area contributed by atoms with E-state index in [2.05, 4.69) is 29.1 Å². The summed E-state index contributed by atoms with van der Waals surface area (Å²) in [5, 5.41) is 4.40. The highest BCUT2D eigenvalue weighted by Gasteiger charge is 2.06. The molecule has 0 spiro atoms. The number of hydrogen-bond acceptors (Lipinski definition) is 3. The van der Waals surface area contributed by atoms with E-state index in [0.717, 1.165) is 28.9 Å². The zero-order chi connectivity index (χ0) is 14.7. The molecule has 0 fully saturated rings. The molecule has 4 nitrogen and oxygen atoms in total. The highest BCUT2D eigenvalue weighted by atomic mass is 15.3. The van der Waals surface area contributed by atoms with Gasteiger partial charge in [-0.2, -0.15) is 5.10 Å². The molecule has 0 saturated carbocycles. The second-order valence-corrected chi connectivity index (χ2v) is 5.00. The Bertz CT molecular complexity index is 701. The molecule has 2 heterocycles. The van der Waals surface area contributed by atoms with Crippen molar-refractivity contribution in [1.29, 1.82) is 0 Å². The van der Waals surface area contributed by atoms with Gasteiger partial charge in [0.1, 0.15) is 0 Å². The van der Waals surface area contributed by atoms with E-state index in [1.54, 1.807) is 0 Å². The van der Waals surface area contributed by atoms with E-state index < -0.39 is 0 Å². The monoisotopic (exact) mass is 278 g/mol. The average Bonchev–Trinajstić information content (AvgIpc) is 3.05. The van der Waals surface area contributed by atoms with E-state index in [1.165, 1.54) is 0 Å². The summed E-state index contributed by atoms with van der Waals surface area (Å²) in [6.45, 7) is 2.06. The van der Waals surface area contributed by atoms with Crippen LogP contribution in [0.5, 0.6) is 0 Å². The van der Waals surface area contributed by atoms with Crippen LogP contribution in [0.1, 0.15) is 25.1 Å². The van der Waals surface area contributed by atoms with Crippen molar-refractivity contribution in [2.45, 2.75) is 19.4 Å². The molecular weight excluding hydrogens is 260 g/mol. The maximum atomic E-state index is 5.98. The van der Waals surface area contributed by atoms with Gasteiger partial charge in [0.15, 0.2) is 0 Å². The molecule has 3 rings (SSSR count). The van der Waals surface area contributed by atoms with Gasteiger partial charge in [-0.15, -0.1) is 0 Å². The number of rotatable bonds is 4. The lowest BCUT2D eigenvalue weighted by Gasteiger charge is -2.08. The number of hydrogen-bond donors (Lipinski definition) is 1. The third-order valence-corrected chi connectivity index (χ3v) is 3.54. The topological polar surface area (TPSA) is 56.7 Å².